The smallest absolute Gasteiger partial charge is 0.337 e. The van der Waals surface area contributed by atoms with Crippen molar-refractivity contribution in [2.75, 3.05) is 12.4 Å². The summed E-state index contributed by atoms with van der Waals surface area (Å²) in [6.07, 6.45) is 0.326. The first kappa shape index (κ1) is 18.4. The van der Waals surface area contributed by atoms with E-state index in [4.69, 9.17) is 0 Å². The molecule has 3 aromatic rings. The van der Waals surface area contributed by atoms with Crippen LogP contribution in [0.25, 0.3) is 0 Å². The summed E-state index contributed by atoms with van der Waals surface area (Å²) in [7, 11) is 1.34. The second-order valence-corrected chi connectivity index (χ2v) is 6.20. The van der Waals surface area contributed by atoms with Crippen LogP contribution in [0.3, 0.4) is 0 Å². The van der Waals surface area contributed by atoms with Gasteiger partial charge >= 0.3 is 5.97 Å². The number of hydrogen-bond acceptors (Lipinski definition) is 3. The summed E-state index contributed by atoms with van der Waals surface area (Å²) < 4.78 is 4.68. The van der Waals surface area contributed by atoms with E-state index in [0.29, 0.717) is 17.7 Å². The highest BCUT2D eigenvalue weighted by atomic mass is 16.5. The highest BCUT2D eigenvalue weighted by molar-refractivity contribution is 5.93. The van der Waals surface area contributed by atoms with E-state index in [2.05, 4.69) is 10.1 Å². The number of anilines is 1. The molecule has 0 aromatic heterocycles. The number of rotatable bonds is 6. The minimum atomic E-state index is -0.402. The number of ether oxygens (including phenoxy) is 1. The molecule has 0 fully saturated rings. The molecule has 0 spiro atoms. The topological polar surface area (TPSA) is 55.4 Å². The molecule has 0 aliphatic rings. The summed E-state index contributed by atoms with van der Waals surface area (Å²) in [6, 6.07) is 26.7. The number of carbonyl (C=O) groups is 2. The molecule has 0 aliphatic heterocycles. The minimum absolute atomic E-state index is 0.0262. The molecule has 0 unspecified atom stereocenters. The summed E-state index contributed by atoms with van der Waals surface area (Å²) in [5.41, 5.74) is 3.29. The molecule has 27 heavy (non-hydrogen) atoms. The molecule has 0 radical (unpaired) electrons. The Labute approximate surface area is 158 Å². The minimum Gasteiger partial charge on any atom is -0.465 e. The summed E-state index contributed by atoms with van der Waals surface area (Å²) in [6.45, 7) is 0. The van der Waals surface area contributed by atoms with Crippen molar-refractivity contribution in [3.8, 4) is 0 Å². The normalized spacial score (nSPS) is 10.4. The first-order chi connectivity index (χ1) is 13.2. The summed E-state index contributed by atoms with van der Waals surface area (Å²) in [5.74, 6) is -0.513. The Morgan fingerprint density at radius 2 is 1.33 bits per heavy atom. The predicted molar refractivity (Wildman–Crippen MR) is 106 cm³/mol. The lowest BCUT2D eigenvalue weighted by Crippen LogP contribution is -2.16. The number of nitrogens with one attached hydrogen (secondary N) is 1. The van der Waals surface area contributed by atoms with Gasteiger partial charge in [-0.15, -0.1) is 0 Å². The van der Waals surface area contributed by atoms with Crippen molar-refractivity contribution in [2.24, 2.45) is 0 Å². The third-order valence-electron chi connectivity index (χ3n) is 4.38. The van der Waals surface area contributed by atoms with Gasteiger partial charge in [0.25, 0.3) is 0 Å². The zero-order valence-corrected chi connectivity index (χ0v) is 15.1. The number of benzene rings is 3. The maximum absolute atomic E-state index is 12.6. The van der Waals surface area contributed by atoms with Crippen molar-refractivity contribution >= 4 is 17.6 Å². The zero-order valence-electron chi connectivity index (χ0n) is 15.1. The molecule has 4 heteroatoms. The van der Waals surface area contributed by atoms with E-state index in [1.807, 2.05) is 60.7 Å². The van der Waals surface area contributed by atoms with Crippen molar-refractivity contribution in [3.05, 3.63) is 102 Å². The Hall–Kier alpha value is -3.40. The molecule has 0 atom stereocenters. The molecule has 0 aliphatic carbocycles. The Balaban J connectivity index is 1.74. The van der Waals surface area contributed by atoms with E-state index >= 15 is 0 Å². The second kappa shape index (κ2) is 8.81. The molecule has 1 amide bonds. The molecule has 0 heterocycles. The van der Waals surface area contributed by atoms with Crippen LogP contribution in [0.4, 0.5) is 5.69 Å². The van der Waals surface area contributed by atoms with Gasteiger partial charge in [0.2, 0.25) is 5.91 Å². The SMILES string of the molecule is COC(=O)c1ccc(NC(=O)CC(c2ccccc2)c2ccccc2)cc1. The second-order valence-electron chi connectivity index (χ2n) is 6.20. The van der Waals surface area contributed by atoms with Crippen LogP contribution in [0.15, 0.2) is 84.9 Å². The molecular weight excluding hydrogens is 338 g/mol. The van der Waals surface area contributed by atoms with Crippen LogP contribution in [0.5, 0.6) is 0 Å². The van der Waals surface area contributed by atoms with E-state index in [1.165, 1.54) is 7.11 Å². The standard InChI is InChI=1S/C23H21NO3/c1-27-23(26)19-12-14-20(15-13-19)24-22(25)16-21(17-8-4-2-5-9-17)18-10-6-3-7-11-18/h2-15,21H,16H2,1H3,(H,24,25). The van der Waals surface area contributed by atoms with Crippen molar-refractivity contribution in [1.82, 2.24) is 0 Å². The van der Waals surface area contributed by atoms with Crippen molar-refractivity contribution in [2.45, 2.75) is 12.3 Å². The van der Waals surface area contributed by atoms with Gasteiger partial charge in [-0.05, 0) is 35.4 Å². The lowest BCUT2D eigenvalue weighted by atomic mass is 9.88. The number of amides is 1. The molecule has 3 rings (SSSR count). The third kappa shape index (κ3) is 4.82. The van der Waals surface area contributed by atoms with E-state index in [9.17, 15) is 9.59 Å². The van der Waals surface area contributed by atoms with Crippen LogP contribution in [-0.4, -0.2) is 19.0 Å². The van der Waals surface area contributed by atoms with Crippen molar-refractivity contribution < 1.29 is 14.3 Å². The van der Waals surface area contributed by atoms with Gasteiger partial charge in [-0.3, -0.25) is 4.79 Å². The first-order valence-corrected chi connectivity index (χ1v) is 8.75. The summed E-state index contributed by atoms with van der Waals surface area (Å²) in [4.78, 5) is 24.1. The van der Waals surface area contributed by atoms with Gasteiger partial charge in [-0.2, -0.15) is 0 Å². The molecule has 1 N–H and O–H groups in total. The van der Waals surface area contributed by atoms with Crippen LogP contribution >= 0.6 is 0 Å². The Morgan fingerprint density at radius 1 is 0.815 bits per heavy atom. The highest BCUT2D eigenvalue weighted by Gasteiger charge is 2.18. The molecule has 136 valence electrons. The Bertz CT molecular complexity index is 850. The molecular formula is C23H21NO3. The number of esters is 1. The van der Waals surface area contributed by atoms with E-state index in [1.54, 1.807) is 24.3 Å². The molecule has 0 saturated carbocycles. The fourth-order valence-corrected chi connectivity index (χ4v) is 3.00. The highest BCUT2D eigenvalue weighted by Crippen LogP contribution is 2.28. The van der Waals surface area contributed by atoms with Gasteiger partial charge in [-0.1, -0.05) is 60.7 Å². The van der Waals surface area contributed by atoms with Crippen molar-refractivity contribution in [3.63, 3.8) is 0 Å². The van der Waals surface area contributed by atoms with Gasteiger partial charge in [0, 0.05) is 18.0 Å². The monoisotopic (exact) mass is 359 g/mol. The fourth-order valence-electron chi connectivity index (χ4n) is 3.00. The summed E-state index contributed by atoms with van der Waals surface area (Å²) >= 11 is 0. The fraction of sp³-hybridized carbons (Fsp3) is 0.130. The number of hydrogen-bond donors (Lipinski definition) is 1. The predicted octanol–water partition coefficient (Wildman–Crippen LogP) is 4.63. The third-order valence-corrected chi connectivity index (χ3v) is 4.38. The van der Waals surface area contributed by atoms with Gasteiger partial charge in [0.15, 0.2) is 0 Å². The average molecular weight is 359 g/mol. The zero-order chi connectivity index (χ0) is 19.1. The maximum atomic E-state index is 12.6. The number of methoxy groups -OCH3 is 1. The molecule has 4 nitrogen and oxygen atoms in total. The van der Waals surface area contributed by atoms with Crippen LogP contribution in [0.2, 0.25) is 0 Å². The van der Waals surface area contributed by atoms with Gasteiger partial charge in [0.1, 0.15) is 0 Å². The van der Waals surface area contributed by atoms with Crippen LogP contribution in [-0.2, 0) is 9.53 Å². The quantitative estimate of drug-likeness (QED) is 0.653. The maximum Gasteiger partial charge on any atom is 0.337 e. The van der Waals surface area contributed by atoms with Gasteiger partial charge in [0.05, 0.1) is 12.7 Å². The molecule has 3 aromatic carbocycles. The van der Waals surface area contributed by atoms with Gasteiger partial charge < -0.3 is 10.1 Å². The number of carbonyl (C=O) groups excluding carboxylic acids is 2. The van der Waals surface area contributed by atoms with Gasteiger partial charge in [-0.25, -0.2) is 4.79 Å². The molecule has 0 bridgehead atoms. The molecule has 0 saturated heterocycles. The Kier molecular flexibility index (Phi) is 6.00. The average Bonchev–Trinajstić information content (AvgIpc) is 2.73. The van der Waals surface area contributed by atoms with Crippen LogP contribution in [0, 0.1) is 0 Å². The lowest BCUT2D eigenvalue weighted by molar-refractivity contribution is -0.116. The first-order valence-electron chi connectivity index (χ1n) is 8.75. The van der Waals surface area contributed by atoms with Crippen LogP contribution < -0.4 is 5.32 Å². The van der Waals surface area contributed by atoms with E-state index in [0.717, 1.165) is 11.1 Å². The Morgan fingerprint density at radius 3 is 1.81 bits per heavy atom. The lowest BCUT2D eigenvalue weighted by Gasteiger charge is -2.18. The van der Waals surface area contributed by atoms with Crippen LogP contribution in [0.1, 0.15) is 33.8 Å². The van der Waals surface area contributed by atoms with Crippen molar-refractivity contribution in [1.29, 1.82) is 0 Å². The largest absolute Gasteiger partial charge is 0.465 e. The van der Waals surface area contributed by atoms with E-state index in [-0.39, 0.29) is 11.8 Å². The summed E-state index contributed by atoms with van der Waals surface area (Å²) in [5, 5.41) is 2.91. The van der Waals surface area contributed by atoms with E-state index < -0.39 is 5.97 Å².